The second-order valence-corrected chi connectivity index (χ2v) is 4.62. The highest BCUT2D eigenvalue weighted by Crippen LogP contribution is 2.23. The van der Waals surface area contributed by atoms with Gasteiger partial charge < -0.3 is 10.5 Å². The molecular formula is C16H17N3O. The molecule has 1 heterocycles. The predicted octanol–water partition coefficient (Wildman–Crippen LogP) is 2.67. The first-order valence-corrected chi connectivity index (χ1v) is 6.67. The van der Waals surface area contributed by atoms with E-state index in [1.807, 2.05) is 43.3 Å². The van der Waals surface area contributed by atoms with Crippen LogP contribution >= 0.6 is 0 Å². The van der Waals surface area contributed by atoms with Crippen LogP contribution in [-0.4, -0.2) is 22.7 Å². The number of hydrogen-bond donors (Lipinski definition) is 1. The monoisotopic (exact) mass is 267 g/mol. The number of nitrogens with zero attached hydrogens (tertiary/aromatic N) is 2. The third kappa shape index (κ3) is 2.26. The zero-order valence-electron chi connectivity index (χ0n) is 11.4. The molecule has 4 heteroatoms. The van der Waals surface area contributed by atoms with Crippen molar-refractivity contribution >= 4 is 11.0 Å². The zero-order valence-corrected chi connectivity index (χ0v) is 11.4. The summed E-state index contributed by atoms with van der Waals surface area (Å²) in [7, 11) is 0. The Morgan fingerprint density at radius 1 is 1.15 bits per heavy atom. The van der Waals surface area contributed by atoms with Gasteiger partial charge in [0.2, 0.25) is 0 Å². The third-order valence-electron chi connectivity index (χ3n) is 3.19. The van der Waals surface area contributed by atoms with E-state index in [2.05, 4.69) is 21.7 Å². The molecule has 0 bridgehead atoms. The second kappa shape index (κ2) is 5.35. The van der Waals surface area contributed by atoms with E-state index >= 15 is 0 Å². The van der Waals surface area contributed by atoms with Crippen LogP contribution in [0.2, 0.25) is 0 Å². The summed E-state index contributed by atoms with van der Waals surface area (Å²) in [6.07, 6.45) is 0. The van der Waals surface area contributed by atoms with Crippen LogP contribution < -0.4 is 10.5 Å². The molecule has 0 aliphatic carbocycles. The molecule has 1 aromatic heterocycles. The fourth-order valence-corrected chi connectivity index (χ4v) is 2.36. The van der Waals surface area contributed by atoms with Gasteiger partial charge in [-0.15, -0.1) is 0 Å². The standard InChI is InChI=1S/C16H17N3O/c1-12-18-15-7-2-3-8-16(15)19(12)13-5-4-6-14(11-13)20-10-9-17/h2-8,11H,9-10,17H2,1H3. The van der Waals surface area contributed by atoms with E-state index in [0.717, 1.165) is 28.3 Å². The van der Waals surface area contributed by atoms with Gasteiger partial charge in [0.05, 0.1) is 16.7 Å². The normalized spacial score (nSPS) is 10.9. The number of fused-ring (bicyclic) bond motifs is 1. The predicted molar refractivity (Wildman–Crippen MR) is 80.4 cm³/mol. The number of aromatic nitrogens is 2. The summed E-state index contributed by atoms with van der Waals surface area (Å²) >= 11 is 0. The first-order valence-electron chi connectivity index (χ1n) is 6.67. The Morgan fingerprint density at radius 2 is 2.00 bits per heavy atom. The average molecular weight is 267 g/mol. The van der Waals surface area contributed by atoms with E-state index in [1.165, 1.54) is 0 Å². The molecule has 0 radical (unpaired) electrons. The summed E-state index contributed by atoms with van der Waals surface area (Å²) in [4.78, 5) is 4.58. The molecule has 2 N–H and O–H groups in total. The molecule has 0 atom stereocenters. The minimum absolute atomic E-state index is 0.511. The fourth-order valence-electron chi connectivity index (χ4n) is 2.36. The number of ether oxygens (including phenoxy) is 1. The molecule has 20 heavy (non-hydrogen) atoms. The number of para-hydroxylation sites is 2. The third-order valence-corrected chi connectivity index (χ3v) is 3.19. The molecule has 0 saturated carbocycles. The highest BCUT2D eigenvalue weighted by Gasteiger charge is 2.09. The lowest BCUT2D eigenvalue weighted by Crippen LogP contribution is -2.10. The minimum atomic E-state index is 0.511. The van der Waals surface area contributed by atoms with Crippen molar-refractivity contribution in [2.24, 2.45) is 5.73 Å². The lowest BCUT2D eigenvalue weighted by molar-refractivity contribution is 0.328. The molecule has 0 spiro atoms. The Morgan fingerprint density at radius 3 is 2.85 bits per heavy atom. The Hall–Kier alpha value is -2.33. The van der Waals surface area contributed by atoms with Gasteiger partial charge in [0.1, 0.15) is 18.2 Å². The number of rotatable bonds is 4. The Bertz CT molecular complexity index is 733. The van der Waals surface area contributed by atoms with Crippen molar-refractivity contribution in [2.45, 2.75) is 6.92 Å². The number of nitrogens with two attached hydrogens (primary N) is 1. The van der Waals surface area contributed by atoms with Gasteiger partial charge in [-0.2, -0.15) is 0 Å². The smallest absolute Gasteiger partial charge is 0.121 e. The summed E-state index contributed by atoms with van der Waals surface area (Å²) in [6.45, 7) is 3.04. The van der Waals surface area contributed by atoms with Crippen LogP contribution in [-0.2, 0) is 0 Å². The van der Waals surface area contributed by atoms with Crippen LogP contribution in [0.1, 0.15) is 5.82 Å². The molecule has 0 amide bonds. The van der Waals surface area contributed by atoms with Gasteiger partial charge in [0.25, 0.3) is 0 Å². The summed E-state index contributed by atoms with van der Waals surface area (Å²) in [6, 6.07) is 16.1. The molecule has 0 unspecified atom stereocenters. The summed E-state index contributed by atoms with van der Waals surface area (Å²) < 4.78 is 7.72. The second-order valence-electron chi connectivity index (χ2n) is 4.62. The molecule has 0 aliphatic heterocycles. The maximum Gasteiger partial charge on any atom is 0.121 e. The van der Waals surface area contributed by atoms with Crippen LogP contribution in [0.4, 0.5) is 0 Å². The lowest BCUT2D eigenvalue weighted by Gasteiger charge is -2.10. The highest BCUT2D eigenvalue weighted by molar-refractivity contribution is 5.78. The number of aryl methyl sites for hydroxylation is 1. The zero-order chi connectivity index (χ0) is 13.9. The first kappa shape index (κ1) is 12.7. The maximum absolute atomic E-state index is 5.59. The quantitative estimate of drug-likeness (QED) is 0.790. The van der Waals surface area contributed by atoms with Crippen LogP contribution in [0.3, 0.4) is 0 Å². The van der Waals surface area contributed by atoms with Gasteiger partial charge in [0.15, 0.2) is 0 Å². The summed E-state index contributed by atoms with van der Waals surface area (Å²) in [5.74, 6) is 1.78. The van der Waals surface area contributed by atoms with Crippen molar-refractivity contribution in [1.29, 1.82) is 0 Å². The van der Waals surface area contributed by atoms with Crippen LogP contribution in [0, 0.1) is 6.92 Å². The molecule has 4 nitrogen and oxygen atoms in total. The topological polar surface area (TPSA) is 53.1 Å². The molecular weight excluding hydrogens is 250 g/mol. The van der Waals surface area contributed by atoms with Gasteiger partial charge in [-0.1, -0.05) is 18.2 Å². The van der Waals surface area contributed by atoms with E-state index in [1.54, 1.807) is 0 Å². The van der Waals surface area contributed by atoms with Crippen molar-refractivity contribution in [1.82, 2.24) is 9.55 Å². The molecule has 0 aliphatic rings. The maximum atomic E-state index is 5.59. The van der Waals surface area contributed by atoms with Crippen molar-refractivity contribution in [2.75, 3.05) is 13.2 Å². The van der Waals surface area contributed by atoms with Gasteiger partial charge in [0, 0.05) is 12.6 Å². The fraction of sp³-hybridized carbons (Fsp3) is 0.188. The lowest BCUT2D eigenvalue weighted by atomic mass is 10.2. The Labute approximate surface area is 117 Å². The highest BCUT2D eigenvalue weighted by atomic mass is 16.5. The van der Waals surface area contributed by atoms with Crippen molar-refractivity contribution in [3.8, 4) is 11.4 Å². The summed E-state index contributed by atoms with van der Waals surface area (Å²) in [5, 5.41) is 0. The van der Waals surface area contributed by atoms with E-state index in [-0.39, 0.29) is 0 Å². The van der Waals surface area contributed by atoms with E-state index < -0.39 is 0 Å². The average Bonchev–Trinajstić information content (AvgIpc) is 2.81. The summed E-state index contributed by atoms with van der Waals surface area (Å²) in [5.41, 5.74) is 8.61. The van der Waals surface area contributed by atoms with Gasteiger partial charge in [-0.25, -0.2) is 4.98 Å². The van der Waals surface area contributed by atoms with Gasteiger partial charge in [-0.3, -0.25) is 4.57 Å². The number of imidazole rings is 1. The molecule has 3 aromatic rings. The minimum Gasteiger partial charge on any atom is -0.492 e. The molecule has 2 aromatic carbocycles. The number of hydrogen-bond acceptors (Lipinski definition) is 3. The van der Waals surface area contributed by atoms with E-state index in [4.69, 9.17) is 10.5 Å². The van der Waals surface area contributed by atoms with E-state index in [0.29, 0.717) is 13.2 Å². The van der Waals surface area contributed by atoms with Crippen LogP contribution in [0.15, 0.2) is 48.5 Å². The first-order chi connectivity index (χ1) is 9.79. The van der Waals surface area contributed by atoms with Crippen molar-refractivity contribution < 1.29 is 4.74 Å². The number of benzene rings is 2. The van der Waals surface area contributed by atoms with Crippen molar-refractivity contribution in [3.63, 3.8) is 0 Å². The Kier molecular flexibility index (Phi) is 3.39. The van der Waals surface area contributed by atoms with Gasteiger partial charge in [-0.05, 0) is 31.2 Å². The van der Waals surface area contributed by atoms with Crippen LogP contribution in [0.5, 0.6) is 5.75 Å². The molecule has 0 saturated heterocycles. The molecule has 0 fully saturated rings. The molecule has 3 rings (SSSR count). The largest absolute Gasteiger partial charge is 0.492 e. The van der Waals surface area contributed by atoms with E-state index in [9.17, 15) is 0 Å². The SMILES string of the molecule is Cc1nc2ccccc2n1-c1cccc(OCCN)c1. The van der Waals surface area contributed by atoms with Crippen LogP contribution in [0.25, 0.3) is 16.7 Å². The van der Waals surface area contributed by atoms with Gasteiger partial charge >= 0.3 is 0 Å². The molecule has 102 valence electrons. The van der Waals surface area contributed by atoms with Crippen molar-refractivity contribution in [3.05, 3.63) is 54.4 Å². The Balaban J connectivity index is 2.08.